The quantitative estimate of drug-likeness (QED) is 0.512. The number of ketones is 1. The van der Waals surface area contributed by atoms with Gasteiger partial charge in [-0.2, -0.15) is 0 Å². The summed E-state index contributed by atoms with van der Waals surface area (Å²) in [7, 11) is 2.88. The highest BCUT2D eigenvalue weighted by molar-refractivity contribution is 8.01. The van der Waals surface area contributed by atoms with Crippen LogP contribution in [-0.4, -0.2) is 69.5 Å². The van der Waals surface area contributed by atoms with Crippen LogP contribution in [0.25, 0.3) is 0 Å². The number of benzene rings is 1. The van der Waals surface area contributed by atoms with Gasteiger partial charge in [0.05, 0.1) is 14.2 Å². The maximum absolute atomic E-state index is 13.0. The smallest absolute Gasteiger partial charge is 0.327 e. The summed E-state index contributed by atoms with van der Waals surface area (Å²) in [5.74, 6) is -2.32. The predicted molar refractivity (Wildman–Crippen MR) is 104 cm³/mol. The first-order valence-corrected chi connectivity index (χ1v) is 9.68. The number of rotatable bonds is 6. The van der Waals surface area contributed by atoms with Gasteiger partial charge in [-0.1, -0.05) is 0 Å². The van der Waals surface area contributed by atoms with E-state index >= 15 is 0 Å². The standard InChI is InChI=1S/C19H22N2O7S/c1-9(22)19(16(26)21-13(15(24)25)18(2,3)29-17(19)21)20-14(23)10-6-7-11(27-4)12(8-10)28-5/h6-8,13,17H,1-5H3,(H,20,23)(H,24,25)/t13-,17+,19-/m0/s1. The van der Waals surface area contributed by atoms with Crippen LogP contribution in [0.15, 0.2) is 18.2 Å². The number of carboxylic acids is 1. The second kappa shape index (κ2) is 6.94. The number of carbonyl (C=O) groups is 4. The molecular weight excluding hydrogens is 400 g/mol. The molecule has 2 fully saturated rings. The number of hydrogen-bond acceptors (Lipinski definition) is 7. The Morgan fingerprint density at radius 3 is 2.31 bits per heavy atom. The fourth-order valence-electron chi connectivity index (χ4n) is 3.82. The lowest BCUT2D eigenvalue weighted by atomic mass is 9.81. The molecule has 2 N–H and O–H groups in total. The minimum absolute atomic E-state index is 0.173. The number of hydrogen-bond donors (Lipinski definition) is 2. The van der Waals surface area contributed by atoms with Crippen LogP contribution >= 0.6 is 11.8 Å². The van der Waals surface area contributed by atoms with Crippen LogP contribution in [0, 0.1) is 0 Å². The van der Waals surface area contributed by atoms with E-state index in [1.54, 1.807) is 13.8 Å². The van der Waals surface area contributed by atoms with E-state index in [-0.39, 0.29) is 5.56 Å². The second-order valence-electron chi connectivity index (χ2n) is 7.41. The minimum Gasteiger partial charge on any atom is -0.493 e. The molecule has 0 radical (unpaired) electrons. The Labute approximate surface area is 171 Å². The lowest BCUT2D eigenvalue weighted by Gasteiger charge is -2.51. The van der Waals surface area contributed by atoms with Gasteiger partial charge in [-0.3, -0.25) is 14.4 Å². The van der Waals surface area contributed by atoms with E-state index in [2.05, 4.69) is 5.32 Å². The third kappa shape index (κ3) is 2.93. The number of carboxylic acid groups (broad SMARTS) is 1. The van der Waals surface area contributed by atoms with Crippen LogP contribution in [0.3, 0.4) is 0 Å². The van der Waals surface area contributed by atoms with Crippen molar-refractivity contribution < 1.29 is 33.8 Å². The van der Waals surface area contributed by atoms with Gasteiger partial charge in [0.15, 0.2) is 17.3 Å². The summed E-state index contributed by atoms with van der Waals surface area (Å²) >= 11 is 1.19. The Balaban J connectivity index is 1.94. The maximum Gasteiger partial charge on any atom is 0.327 e. The van der Waals surface area contributed by atoms with Crippen molar-refractivity contribution in [2.75, 3.05) is 14.2 Å². The molecule has 156 valence electrons. The second-order valence-corrected chi connectivity index (χ2v) is 9.15. The highest BCUT2D eigenvalue weighted by atomic mass is 32.2. The van der Waals surface area contributed by atoms with Crippen molar-refractivity contribution in [1.82, 2.24) is 10.2 Å². The van der Waals surface area contributed by atoms with E-state index < -0.39 is 45.3 Å². The van der Waals surface area contributed by atoms with Gasteiger partial charge in [-0.25, -0.2) is 4.79 Å². The molecule has 2 aliphatic heterocycles. The van der Waals surface area contributed by atoms with E-state index in [0.717, 1.165) is 0 Å². The summed E-state index contributed by atoms with van der Waals surface area (Å²) in [4.78, 5) is 51.2. The summed E-state index contributed by atoms with van der Waals surface area (Å²) in [6.07, 6.45) is 0. The van der Waals surface area contributed by atoms with Crippen molar-refractivity contribution in [2.24, 2.45) is 0 Å². The zero-order valence-electron chi connectivity index (χ0n) is 16.6. The molecule has 10 heteroatoms. The predicted octanol–water partition coefficient (Wildman–Crippen LogP) is 0.908. The summed E-state index contributed by atoms with van der Waals surface area (Å²) in [5, 5.41) is 11.3. The third-order valence-corrected chi connectivity index (χ3v) is 6.93. The lowest BCUT2D eigenvalue weighted by Crippen LogP contribution is -2.82. The van der Waals surface area contributed by atoms with Crippen LogP contribution in [0.1, 0.15) is 31.1 Å². The van der Waals surface area contributed by atoms with Crippen LogP contribution in [0.2, 0.25) is 0 Å². The molecule has 29 heavy (non-hydrogen) atoms. The monoisotopic (exact) mass is 422 g/mol. The van der Waals surface area contributed by atoms with Crippen molar-refractivity contribution in [3.8, 4) is 11.5 Å². The van der Waals surface area contributed by atoms with Gasteiger partial charge >= 0.3 is 5.97 Å². The Morgan fingerprint density at radius 1 is 1.17 bits per heavy atom. The molecule has 9 nitrogen and oxygen atoms in total. The first kappa shape index (κ1) is 21.0. The van der Waals surface area contributed by atoms with Crippen LogP contribution in [-0.2, 0) is 14.4 Å². The SMILES string of the molecule is COc1ccc(C(=O)N[C@@]2(C(C)=O)C(=O)N3[C@@H](C(=O)O)C(C)(C)S[C@@H]32)cc1OC. The molecular formula is C19H22N2O7S. The van der Waals surface area contributed by atoms with Gasteiger partial charge < -0.3 is 24.8 Å². The minimum atomic E-state index is -1.81. The Kier molecular flexibility index (Phi) is 5.02. The number of carbonyl (C=O) groups excluding carboxylic acids is 3. The maximum atomic E-state index is 13.0. The Hall–Kier alpha value is -2.75. The average Bonchev–Trinajstić information content (AvgIpc) is 2.93. The number of amides is 2. The van der Waals surface area contributed by atoms with Gasteiger partial charge in [0.2, 0.25) is 5.54 Å². The van der Waals surface area contributed by atoms with Crippen molar-refractivity contribution in [1.29, 1.82) is 0 Å². The molecule has 2 heterocycles. The van der Waals surface area contributed by atoms with Crippen molar-refractivity contribution >= 4 is 35.3 Å². The molecule has 0 unspecified atom stereocenters. The molecule has 0 aliphatic carbocycles. The molecule has 2 amide bonds. The van der Waals surface area contributed by atoms with E-state index in [1.165, 1.54) is 56.0 Å². The van der Waals surface area contributed by atoms with Crippen molar-refractivity contribution in [3.05, 3.63) is 23.8 Å². The lowest BCUT2D eigenvalue weighted by molar-refractivity contribution is -0.170. The van der Waals surface area contributed by atoms with E-state index in [0.29, 0.717) is 11.5 Å². The third-order valence-electron chi connectivity index (χ3n) is 5.29. The van der Waals surface area contributed by atoms with Crippen molar-refractivity contribution in [3.63, 3.8) is 0 Å². The molecule has 2 aliphatic rings. The summed E-state index contributed by atoms with van der Waals surface area (Å²) in [6, 6.07) is 3.37. The molecule has 3 rings (SSSR count). The Morgan fingerprint density at radius 2 is 1.79 bits per heavy atom. The van der Waals surface area contributed by atoms with Crippen LogP contribution in [0.5, 0.6) is 11.5 Å². The zero-order valence-corrected chi connectivity index (χ0v) is 17.5. The topological polar surface area (TPSA) is 122 Å². The molecule has 0 saturated carbocycles. The molecule has 0 bridgehead atoms. The molecule has 1 aromatic rings. The van der Waals surface area contributed by atoms with E-state index in [9.17, 15) is 24.3 Å². The summed E-state index contributed by atoms with van der Waals surface area (Å²) < 4.78 is 9.51. The number of β-lactam (4-membered cyclic amide) rings is 1. The molecule has 3 atom stereocenters. The van der Waals surface area contributed by atoms with Gasteiger partial charge in [0.25, 0.3) is 11.8 Å². The number of fused-ring (bicyclic) bond motifs is 1. The normalized spacial score (nSPS) is 26.9. The molecule has 0 spiro atoms. The van der Waals surface area contributed by atoms with Gasteiger partial charge in [0, 0.05) is 10.3 Å². The van der Waals surface area contributed by atoms with Crippen LogP contribution in [0.4, 0.5) is 0 Å². The number of nitrogens with zero attached hydrogens (tertiary/aromatic N) is 1. The van der Waals surface area contributed by atoms with Gasteiger partial charge in [0.1, 0.15) is 11.4 Å². The molecule has 0 aromatic heterocycles. The average molecular weight is 422 g/mol. The molecule has 1 aromatic carbocycles. The van der Waals surface area contributed by atoms with E-state index in [1.807, 2.05) is 0 Å². The number of methoxy groups -OCH3 is 2. The largest absolute Gasteiger partial charge is 0.493 e. The summed E-state index contributed by atoms with van der Waals surface area (Å²) in [6.45, 7) is 4.61. The highest BCUT2D eigenvalue weighted by Gasteiger charge is 2.74. The Bertz CT molecular complexity index is 916. The zero-order chi connectivity index (χ0) is 21.7. The van der Waals surface area contributed by atoms with E-state index in [4.69, 9.17) is 9.47 Å². The van der Waals surface area contributed by atoms with Gasteiger partial charge in [-0.05, 0) is 39.0 Å². The fraction of sp³-hybridized carbons (Fsp3) is 0.474. The number of aliphatic carboxylic acids is 1. The summed E-state index contributed by atoms with van der Waals surface area (Å²) in [5.41, 5.74) is -1.64. The number of nitrogens with one attached hydrogen (secondary N) is 1. The molecule has 2 saturated heterocycles. The number of Topliss-reactive ketones (excluding diaryl/α,β-unsaturated/α-hetero) is 1. The van der Waals surface area contributed by atoms with Crippen LogP contribution < -0.4 is 14.8 Å². The fourth-order valence-corrected chi connectivity index (χ4v) is 5.57. The number of thioether (sulfide) groups is 1. The first-order chi connectivity index (χ1) is 13.5. The van der Waals surface area contributed by atoms with Gasteiger partial charge in [-0.15, -0.1) is 11.8 Å². The first-order valence-electron chi connectivity index (χ1n) is 8.80. The van der Waals surface area contributed by atoms with Crippen molar-refractivity contribution in [2.45, 2.75) is 42.5 Å². The highest BCUT2D eigenvalue weighted by Crippen LogP contribution is 2.55. The number of ether oxygens (including phenoxy) is 2.